The van der Waals surface area contributed by atoms with Crippen LogP contribution in [0.5, 0.6) is 0 Å². The zero-order chi connectivity index (χ0) is 25.2. The molecule has 188 valence electrons. The third kappa shape index (κ3) is 5.16. The van der Waals surface area contributed by atoms with Crippen molar-refractivity contribution in [3.05, 3.63) is 67.8 Å². The zero-order valence-electron chi connectivity index (χ0n) is 22.3. The first-order valence-electron chi connectivity index (χ1n) is 12.7. The highest BCUT2D eigenvalue weighted by Gasteiger charge is 2.33. The van der Waals surface area contributed by atoms with E-state index < -0.39 is 0 Å². The molecule has 0 aliphatic heterocycles. The number of rotatable bonds is 6. The summed E-state index contributed by atoms with van der Waals surface area (Å²) in [6, 6.07) is 4.60. The summed E-state index contributed by atoms with van der Waals surface area (Å²) in [4.78, 5) is 0. The van der Waals surface area contributed by atoms with Crippen molar-refractivity contribution in [2.24, 2.45) is 11.8 Å². The molecule has 0 saturated carbocycles. The number of ether oxygens (including phenoxy) is 2. The number of benzene rings is 2. The molecule has 4 heteroatoms. The van der Waals surface area contributed by atoms with E-state index in [-0.39, 0.29) is 12.7 Å². The van der Waals surface area contributed by atoms with Crippen LogP contribution < -0.4 is 0 Å². The van der Waals surface area contributed by atoms with E-state index >= 15 is 0 Å². The second kappa shape index (κ2) is 11.7. The van der Waals surface area contributed by atoms with Crippen LogP contribution in [-0.2, 0) is 35.2 Å². The summed E-state index contributed by atoms with van der Waals surface area (Å²) >= 11 is 3.57. The second-order valence-corrected chi connectivity index (χ2v) is 11.1. The van der Waals surface area contributed by atoms with Gasteiger partial charge in [0.05, 0.1) is 12.2 Å². The van der Waals surface area contributed by atoms with Gasteiger partial charge in [-0.1, -0.05) is 41.9 Å². The Morgan fingerprint density at radius 1 is 0.794 bits per heavy atom. The summed E-state index contributed by atoms with van der Waals surface area (Å²) in [5.41, 5.74) is 14.1. The van der Waals surface area contributed by atoms with Crippen molar-refractivity contribution in [1.29, 1.82) is 0 Å². The fourth-order valence-electron chi connectivity index (χ4n) is 6.20. The highest BCUT2D eigenvalue weighted by atomic mass is 79.9. The second-order valence-electron chi connectivity index (χ2n) is 10.3. The topological polar surface area (TPSA) is 38.7 Å². The summed E-state index contributed by atoms with van der Waals surface area (Å²) < 4.78 is 11.3. The number of aliphatic hydroxyl groups is 1. The van der Waals surface area contributed by atoms with Crippen LogP contribution >= 0.6 is 15.9 Å². The number of fused-ring (bicyclic) bond motifs is 2. The maximum Gasteiger partial charge on any atom is 0.0852 e. The predicted molar refractivity (Wildman–Crippen MR) is 145 cm³/mol. The molecular formula is C30H43BrO3. The Balaban J connectivity index is 0.000000191. The Morgan fingerprint density at radius 3 is 1.56 bits per heavy atom. The van der Waals surface area contributed by atoms with Crippen LogP contribution in [0.4, 0.5) is 0 Å². The van der Waals surface area contributed by atoms with Crippen molar-refractivity contribution in [3.63, 3.8) is 0 Å². The van der Waals surface area contributed by atoms with Gasteiger partial charge in [-0.15, -0.1) is 0 Å². The van der Waals surface area contributed by atoms with Crippen LogP contribution in [0.1, 0.15) is 81.7 Å². The molecule has 0 amide bonds. The largest absolute Gasteiger partial charge is 0.396 e. The molecule has 4 unspecified atom stereocenters. The minimum atomic E-state index is 0.224. The van der Waals surface area contributed by atoms with Crippen LogP contribution in [-0.4, -0.2) is 31.3 Å². The number of hydrogen-bond acceptors (Lipinski definition) is 3. The van der Waals surface area contributed by atoms with Gasteiger partial charge in [0.15, 0.2) is 0 Å². The number of halogens is 1. The molecule has 4 rings (SSSR count). The molecule has 2 aromatic carbocycles. The van der Waals surface area contributed by atoms with E-state index in [0.29, 0.717) is 17.9 Å². The quantitative estimate of drug-likeness (QED) is 0.415. The van der Waals surface area contributed by atoms with Gasteiger partial charge in [-0.2, -0.15) is 0 Å². The van der Waals surface area contributed by atoms with E-state index in [1.165, 1.54) is 44.5 Å². The van der Waals surface area contributed by atoms with Gasteiger partial charge < -0.3 is 14.6 Å². The third-order valence-corrected chi connectivity index (χ3v) is 8.57. The Bertz CT molecular complexity index is 932. The number of aliphatic hydroxyl groups excluding tert-OH is 1. The van der Waals surface area contributed by atoms with Gasteiger partial charge in [-0.25, -0.2) is 0 Å². The Labute approximate surface area is 215 Å². The minimum Gasteiger partial charge on any atom is -0.396 e. The van der Waals surface area contributed by atoms with Crippen LogP contribution in [0.25, 0.3) is 0 Å². The highest BCUT2D eigenvalue weighted by Crippen LogP contribution is 2.43. The first-order chi connectivity index (χ1) is 16.2. The average Bonchev–Trinajstić information content (AvgIpc) is 3.29. The maximum absolute atomic E-state index is 9.22. The molecule has 0 spiro atoms. The van der Waals surface area contributed by atoms with Crippen LogP contribution in [0.2, 0.25) is 0 Å². The highest BCUT2D eigenvalue weighted by molar-refractivity contribution is 9.09. The molecule has 2 aromatic rings. The number of alkyl halides is 1. The van der Waals surface area contributed by atoms with Crippen LogP contribution in [0, 0.1) is 39.5 Å². The van der Waals surface area contributed by atoms with Crippen LogP contribution in [0.3, 0.4) is 0 Å². The summed E-state index contributed by atoms with van der Waals surface area (Å²) in [5, 5.41) is 10.3. The molecule has 0 radical (unpaired) electrons. The van der Waals surface area contributed by atoms with Gasteiger partial charge in [0.1, 0.15) is 0 Å². The molecule has 0 heterocycles. The van der Waals surface area contributed by atoms with E-state index in [4.69, 9.17) is 9.47 Å². The van der Waals surface area contributed by atoms with Crippen molar-refractivity contribution in [2.75, 3.05) is 26.2 Å². The fraction of sp³-hybridized carbons (Fsp3) is 0.600. The van der Waals surface area contributed by atoms with Gasteiger partial charge in [-0.05, 0) is 121 Å². The molecule has 0 fully saturated rings. The SMILES string of the molecule is COC1c2cc(C)c(C)c(CCBr)c2CC1C.COC1c2cc(C)c(C)c(CCO)c2CC1C. The van der Waals surface area contributed by atoms with Crippen molar-refractivity contribution >= 4 is 15.9 Å². The van der Waals surface area contributed by atoms with Crippen molar-refractivity contribution in [3.8, 4) is 0 Å². The Kier molecular flexibility index (Phi) is 9.42. The fourth-order valence-corrected chi connectivity index (χ4v) is 6.59. The molecule has 2 aliphatic carbocycles. The summed E-state index contributed by atoms with van der Waals surface area (Å²) in [6.07, 6.45) is 4.64. The zero-order valence-corrected chi connectivity index (χ0v) is 23.9. The monoisotopic (exact) mass is 530 g/mol. The van der Waals surface area contributed by atoms with E-state index in [0.717, 1.165) is 31.0 Å². The first-order valence-corrected chi connectivity index (χ1v) is 13.8. The van der Waals surface area contributed by atoms with E-state index in [1.54, 1.807) is 18.2 Å². The van der Waals surface area contributed by atoms with Gasteiger partial charge >= 0.3 is 0 Å². The smallest absolute Gasteiger partial charge is 0.0852 e. The van der Waals surface area contributed by atoms with E-state index in [9.17, 15) is 5.11 Å². The van der Waals surface area contributed by atoms with Gasteiger partial charge in [0, 0.05) is 26.2 Å². The summed E-state index contributed by atoms with van der Waals surface area (Å²) in [6.45, 7) is 13.5. The molecule has 4 atom stereocenters. The van der Waals surface area contributed by atoms with Gasteiger partial charge in [0.25, 0.3) is 0 Å². The van der Waals surface area contributed by atoms with Gasteiger partial charge in [0.2, 0.25) is 0 Å². The lowest BCUT2D eigenvalue weighted by Crippen LogP contribution is -2.06. The lowest BCUT2D eigenvalue weighted by molar-refractivity contribution is 0.0694. The molecule has 3 nitrogen and oxygen atoms in total. The Hall–Kier alpha value is -1.20. The molecule has 34 heavy (non-hydrogen) atoms. The van der Waals surface area contributed by atoms with Gasteiger partial charge in [-0.3, -0.25) is 0 Å². The molecule has 0 bridgehead atoms. The molecular weight excluding hydrogens is 488 g/mol. The lowest BCUT2D eigenvalue weighted by atomic mass is 9.92. The van der Waals surface area contributed by atoms with Crippen molar-refractivity contribution in [1.82, 2.24) is 0 Å². The minimum absolute atomic E-state index is 0.224. The number of methoxy groups -OCH3 is 2. The third-order valence-electron chi connectivity index (χ3n) is 8.17. The molecule has 0 aromatic heterocycles. The number of aryl methyl sites for hydroxylation is 2. The molecule has 2 aliphatic rings. The predicted octanol–water partition coefficient (Wildman–Crippen LogP) is 6.84. The maximum atomic E-state index is 9.22. The normalized spacial score (nSPS) is 22.9. The van der Waals surface area contributed by atoms with E-state index in [2.05, 4.69) is 69.6 Å². The Morgan fingerprint density at radius 2 is 1.21 bits per heavy atom. The number of hydrogen-bond donors (Lipinski definition) is 1. The molecule has 1 N–H and O–H groups in total. The van der Waals surface area contributed by atoms with Crippen molar-refractivity contribution < 1.29 is 14.6 Å². The van der Waals surface area contributed by atoms with E-state index in [1.807, 2.05) is 7.11 Å². The summed E-state index contributed by atoms with van der Waals surface area (Å²) in [7, 11) is 3.62. The van der Waals surface area contributed by atoms with Crippen LogP contribution in [0.15, 0.2) is 12.1 Å². The average molecular weight is 532 g/mol. The lowest BCUT2D eigenvalue weighted by Gasteiger charge is -2.17. The summed E-state index contributed by atoms with van der Waals surface area (Å²) in [5.74, 6) is 1.14. The standard InChI is InChI=1S/C15H21BrO.C15H22O2/c2*1-9-7-14-13(8-10(2)15(14)17-4)12(5-6-16)11(9)3/h7,10,15H,5-6,8H2,1-4H3;7,10,15-16H,5-6,8H2,1-4H3. The van der Waals surface area contributed by atoms with Crippen molar-refractivity contribution in [2.45, 2.75) is 79.4 Å². The molecule has 0 saturated heterocycles. The first kappa shape index (κ1) is 27.4.